The monoisotopic (exact) mass is 824 g/mol. The van der Waals surface area contributed by atoms with Crippen LogP contribution in [0.3, 0.4) is 0 Å². The molecule has 0 saturated heterocycles. The Hall–Kier alpha value is -8.10. The lowest BCUT2D eigenvalue weighted by atomic mass is 10.0. The van der Waals surface area contributed by atoms with Gasteiger partial charge in [0.15, 0.2) is 5.82 Å². The molecule has 0 aliphatic rings. The highest BCUT2D eigenvalue weighted by molar-refractivity contribution is 6.15. The summed E-state index contributed by atoms with van der Waals surface area (Å²) in [6, 6.07) is 60.5. The summed E-state index contributed by atoms with van der Waals surface area (Å²) < 4.78 is 78.4. The van der Waals surface area contributed by atoms with Gasteiger partial charge in [0.05, 0.1) is 61.2 Å². The van der Waals surface area contributed by atoms with E-state index in [4.69, 9.17) is 0 Å². The molecule has 0 aliphatic heterocycles. The Morgan fingerprint density at radius 1 is 0.254 bits per heavy atom. The summed E-state index contributed by atoms with van der Waals surface area (Å²) in [6.45, 7) is 0. The highest BCUT2D eigenvalue weighted by atomic mass is 19.4. The predicted molar refractivity (Wildman–Crippen MR) is 249 cm³/mol. The number of nitrogens with zero attached hydrogens (tertiary/aromatic N) is 4. The van der Waals surface area contributed by atoms with Crippen molar-refractivity contribution in [2.24, 2.45) is 0 Å². The minimum Gasteiger partial charge on any atom is -0.306 e. The first-order valence-corrected chi connectivity index (χ1v) is 20.8. The molecule has 0 fully saturated rings. The SMILES string of the molecule is Fc1c(-n2c3ccccc3c3ccccc32)c(-n2c3ccccc3c3ccccc32)c(-n2c3ccccc3c3ccccc32)c(C(F)(F)F)c1-n1c2ccccc2c2ccccc21. The number of halogens is 4. The zero-order valence-electron chi connectivity index (χ0n) is 33.3. The molecule has 13 rings (SSSR count). The average Bonchev–Trinajstić information content (AvgIpc) is 4.04. The number of aromatic nitrogens is 4. The molecule has 0 saturated carbocycles. The van der Waals surface area contributed by atoms with Crippen LogP contribution in [0.15, 0.2) is 194 Å². The maximum atomic E-state index is 19.6. The average molecular weight is 825 g/mol. The number of hydrogen-bond donors (Lipinski definition) is 0. The zero-order valence-corrected chi connectivity index (χ0v) is 33.3. The first-order valence-electron chi connectivity index (χ1n) is 20.8. The Balaban J connectivity index is 1.40. The summed E-state index contributed by atoms with van der Waals surface area (Å²) >= 11 is 0. The maximum Gasteiger partial charge on any atom is 0.420 e. The summed E-state index contributed by atoms with van der Waals surface area (Å²) in [5.74, 6) is -1.01. The molecule has 0 N–H and O–H groups in total. The van der Waals surface area contributed by atoms with E-state index in [1.54, 1.807) is 28.8 Å². The Labute approximate surface area is 356 Å². The largest absolute Gasteiger partial charge is 0.420 e. The molecule has 0 atom stereocenters. The van der Waals surface area contributed by atoms with E-state index in [-0.39, 0.29) is 17.1 Å². The molecule has 0 bridgehead atoms. The molecule has 0 radical (unpaired) electrons. The van der Waals surface area contributed by atoms with E-state index in [0.29, 0.717) is 54.9 Å². The van der Waals surface area contributed by atoms with Crippen molar-refractivity contribution in [3.8, 4) is 22.7 Å². The lowest BCUT2D eigenvalue weighted by Crippen LogP contribution is -2.22. The van der Waals surface area contributed by atoms with Gasteiger partial charge in [0.25, 0.3) is 0 Å². The van der Waals surface area contributed by atoms with Crippen LogP contribution in [-0.4, -0.2) is 18.3 Å². The van der Waals surface area contributed by atoms with Crippen LogP contribution in [0.4, 0.5) is 17.6 Å². The molecule has 8 heteroatoms. The van der Waals surface area contributed by atoms with Gasteiger partial charge in [-0.15, -0.1) is 0 Å². The van der Waals surface area contributed by atoms with Gasteiger partial charge in [-0.3, -0.25) is 0 Å². The second-order valence-electron chi connectivity index (χ2n) is 16.1. The summed E-state index contributed by atoms with van der Waals surface area (Å²) in [5.41, 5.74) is 2.77. The lowest BCUT2D eigenvalue weighted by Gasteiger charge is -2.29. The first-order chi connectivity index (χ1) is 30.9. The predicted octanol–water partition coefficient (Wildman–Crippen LogP) is 15.2. The second-order valence-corrected chi connectivity index (χ2v) is 16.1. The third-order valence-electron chi connectivity index (χ3n) is 12.8. The van der Waals surface area contributed by atoms with Crippen molar-refractivity contribution in [1.29, 1.82) is 0 Å². The molecule has 13 aromatic rings. The number of rotatable bonds is 4. The normalized spacial score (nSPS) is 12.4. The van der Waals surface area contributed by atoms with Crippen molar-refractivity contribution in [3.05, 3.63) is 206 Å². The summed E-state index contributed by atoms with van der Waals surface area (Å²) in [7, 11) is 0. The van der Waals surface area contributed by atoms with Gasteiger partial charge in [-0.1, -0.05) is 146 Å². The standard InChI is InChI=1S/C55H32F4N4/c56-50-51(60-41-25-9-1-17-33(41)34-18-2-10-26-42(34)60)49(55(57,58)59)52(61-43-27-11-3-19-35(43)36-20-4-12-28-44(36)61)54(63-47-31-15-7-23-39(47)40-24-8-16-32-48(40)63)53(50)62-45-29-13-5-21-37(45)38-22-6-14-30-46(38)62/h1-32H. The first kappa shape index (κ1) is 35.6. The van der Waals surface area contributed by atoms with Crippen molar-refractivity contribution < 1.29 is 17.6 Å². The molecule has 9 aromatic carbocycles. The van der Waals surface area contributed by atoms with Crippen LogP contribution in [0.1, 0.15) is 5.56 Å². The van der Waals surface area contributed by atoms with E-state index in [1.165, 1.54) is 4.57 Å². The highest BCUT2D eigenvalue weighted by Crippen LogP contribution is 2.52. The Bertz CT molecular complexity index is 3830. The molecule has 4 heterocycles. The van der Waals surface area contributed by atoms with Crippen LogP contribution < -0.4 is 0 Å². The Morgan fingerprint density at radius 2 is 0.460 bits per heavy atom. The van der Waals surface area contributed by atoms with Gasteiger partial charge < -0.3 is 18.3 Å². The van der Waals surface area contributed by atoms with Crippen molar-refractivity contribution in [3.63, 3.8) is 0 Å². The van der Waals surface area contributed by atoms with Crippen LogP contribution in [0.5, 0.6) is 0 Å². The molecule has 300 valence electrons. The number of alkyl halides is 3. The minimum absolute atomic E-state index is 0.0133. The molecular weight excluding hydrogens is 793 g/mol. The third-order valence-corrected chi connectivity index (χ3v) is 12.8. The number of benzene rings is 9. The van der Waals surface area contributed by atoms with Gasteiger partial charge >= 0.3 is 6.18 Å². The van der Waals surface area contributed by atoms with Crippen molar-refractivity contribution >= 4 is 87.2 Å². The van der Waals surface area contributed by atoms with Gasteiger partial charge in [-0.05, 0) is 48.5 Å². The van der Waals surface area contributed by atoms with Gasteiger partial charge in [-0.2, -0.15) is 13.2 Å². The van der Waals surface area contributed by atoms with Gasteiger partial charge in [0.2, 0.25) is 0 Å². The maximum absolute atomic E-state index is 19.6. The van der Waals surface area contributed by atoms with E-state index in [0.717, 1.165) is 32.3 Å². The fourth-order valence-corrected chi connectivity index (χ4v) is 10.4. The highest BCUT2D eigenvalue weighted by Gasteiger charge is 2.45. The van der Waals surface area contributed by atoms with E-state index in [2.05, 4.69) is 0 Å². The van der Waals surface area contributed by atoms with E-state index in [9.17, 15) is 0 Å². The van der Waals surface area contributed by atoms with Crippen molar-refractivity contribution in [1.82, 2.24) is 18.3 Å². The van der Waals surface area contributed by atoms with E-state index < -0.39 is 23.2 Å². The van der Waals surface area contributed by atoms with Crippen LogP contribution in [0.25, 0.3) is 110 Å². The summed E-state index contributed by atoms with van der Waals surface area (Å²) in [4.78, 5) is 0. The van der Waals surface area contributed by atoms with Crippen LogP contribution in [-0.2, 0) is 6.18 Å². The number of para-hydroxylation sites is 8. The van der Waals surface area contributed by atoms with Gasteiger partial charge in [0, 0.05) is 43.1 Å². The smallest absolute Gasteiger partial charge is 0.306 e. The number of hydrogen-bond acceptors (Lipinski definition) is 0. The molecule has 0 spiro atoms. The Morgan fingerprint density at radius 3 is 0.714 bits per heavy atom. The third kappa shape index (κ3) is 4.80. The fraction of sp³-hybridized carbons (Fsp3) is 0.0182. The van der Waals surface area contributed by atoms with Crippen LogP contribution >= 0.6 is 0 Å². The lowest BCUT2D eigenvalue weighted by molar-refractivity contribution is -0.137. The second kappa shape index (κ2) is 13.0. The topological polar surface area (TPSA) is 19.7 Å². The molecule has 4 aromatic heterocycles. The molecule has 0 amide bonds. The van der Waals surface area contributed by atoms with Crippen LogP contribution in [0.2, 0.25) is 0 Å². The molecule has 63 heavy (non-hydrogen) atoms. The van der Waals surface area contributed by atoms with Crippen molar-refractivity contribution in [2.75, 3.05) is 0 Å². The Kier molecular flexibility index (Phi) is 7.33. The molecule has 0 unspecified atom stereocenters. The number of fused-ring (bicyclic) bond motifs is 12. The van der Waals surface area contributed by atoms with E-state index in [1.807, 2.05) is 179 Å². The van der Waals surface area contributed by atoms with Gasteiger partial charge in [0.1, 0.15) is 11.3 Å². The van der Waals surface area contributed by atoms with Crippen molar-refractivity contribution in [2.45, 2.75) is 6.18 Å². The molecular formula is C55H32F4N4. The zero-order chi connectivity index (χ0) is 42.1. The van der Waals surface area contributed by atoms with E-state index >= 15 is 17.6 Å². The minimum atomic E-state index is -5.10. The summed E-state index contributed by atoms with van der Waals surface area (Å²) in [5, 5.41) is 6.32. The molecule has 0 aliphatic carbocycles. The molecule has 4 nitrogen and oxygen atoms in total. The summed E-state index contributed by atoms with van der Waals surface area (Å²) in [6.07, 6.45) is -5.10. The quantitative estimate of drug-likeness (QED) is 0.158. The van der Waals surface area contributed by atoms with Gasteiger partial charge in [-0.25, -0.2) is 4.39 Å². The fourth-order valence-electron chi connectivity index (χ4n) is 10.4. The van der Waals surface area contributed by atoms with Crippen LogP contribution in [0, 0.1) is 5.82 Å².